The van der Waals surface area contributed by atoms with Crippen LogP contribution in [0.2, 0.25) is 0 Å². The summed E-state index contributed by atoms with van der Waals surface area (Å²) in [6, 6.07) is 98.7. The second-order valence-corrected chi connectivity index (χ2v) is 16.5. The summed E-state index contributed by atoms with van der Waals surface area (Å²) < 4.78 is 0. The van der Waals surface area contributed by atoms with Crippen LogP contribution in [-0.4, -0.2) is 0 Å². The summed E-state index contributed by atoms with van der Waals surface area (Å²) >= 11 is 0. The highest BCUT2D eigenvalue weighted by atomic mass is 15.1. The summed E-state index contributed by atoms with van der Waals surface area (Å²) in [5, 5.41) is 2.48. The molecule has 65 heavy (non-hydrogen) atoms. The first-order valence-corrected chi connectivity index (χ1v) is 22.3. The summed E-state index contributed by atoms with van der Waals surface area (Å²) in [4.78, 5) is 2.38. The minimum Gasteiger partial charge on any atom is -0.310 e. The molecule has 0 atom stereocenters. The van der Waals surface area contributed by atoms with Gasteiger partial charge < -0.3 is 4.90 Å². The van der Waals surface area contributed by atoms with Crippen molar-refractivity contribution in [2.45, 2.75) is 0 Å². The molecule has 0 fully saturated rings. The first kappa shape index (κ1) is 39.3. The zero-order valence-corrected chi connectivity index (χ0v) is 35.9. The highest BCUT2D eigenvalue weighted by Gasteiger charge is 2.18. The Kier molecular flexibility index (Phi) is 10.7. The molecule has 0 N–H and O–H groups in total. The summed E-state index contributed by atoms with van der Waals surface area (Å²) in [6.45, 7) is 0. The van der Waals surface area contributed by atoms with Gasteiger partial charge in [-0.05, 0) is 125 Å². The molecule has 0 saturated heterocycles. The molecular formula is C64H45N. The molecule has 0 spiro atoms. The van der Waals surface area contributed by atoms with E-state index in [0.717, 1.165) is 22.6 Å². The van der Waals surface area contributed by atoms with E-state index in [2.05, 4.69) is 278 Å². The third-order valence-electron chi connectivity index (χ3n) is 12.5. The predicted octanol–water partition coefficient (Wildman–Crippen LogP) is 18.0. The van der Waals surface area contributed by atoms with Crippen LogP contribution in [0.3, 0.4) is 0 Å². The molecule has 11 rings (SSSR count). The van der Waals surface area contributed by atoms with Gasteiger partial charge in [-0.25, -0.2) is 0 Å². The predicted molar refractivity (Wildman–Crippen MR) is 277 cm³/mol. The Bertz CT molecular complexity index is 3380. The third-order valence-corrected chi connectivity index (χ3v) is 12.5. The second-order valence-electron chi connectivity index (χ2n) is 16.5. The fourth-order valence-corrected chi connectivity index (χ4v) is 9.33. The van der Waals surface area contributed by atoms with Gasteiger partial charge in [-0.15, -0.1) is 0 Å². The lowest BCUT2D eigenvalue weighted by Crippen LogP contribution is -2.10. The Morgan fingerprint density at radius 1 is 0.185 bits per heavy atom. The van der Waals surface area contributed by atoms with Crippen LogP contribution < -0.4 is 4.90 Å². The summed E-state index contributed by atoms with van der Waals surface area (Å²) in [5.74, 6) is 0. The number of rotatable bonds is 10. The fourth-order valence-electron chi connectivity index (χ4n) is 9.33. The molecule has 0 unspecified atom stereocenters. The molecule has 0 saturated carbocycles. The maximum atomic E-state index is 2.38. The van der Waals surface area contributed by atoms with Gasteiger partial charge in [0.1, 0.15) is 0 Å². The standard InChI is InChI=1S/C64H45N/c1-3-17-46(18-4-1)47-33-35-48(36-34-47)49-37-41-54(42-38-49)65(56-24-15-23-53(45-56)60-32-16-22-51-21-7-8-25-57(51)60)55-43-39-52(40-44-55)59-27-10-12-29-62(59)64-31-14-13-30-63(64)61-28-11-9-26-58(61)50-19-5-2-6-20-50/h1-45H. The summed E-state index contributed by atoms with van der Waals surface area (Å²) in [5.41, 5.74) is 20.1. The Balaban J connectivity index is 0.980. The van der Waals surface area contributed by atoms with Crippen molar-refractivity contribution < 1.29 is 0 Å². The molecule has 0 amide bonds. The molecule has 1 heteroatoms. The van der Waals surface area contributed by atoms with E-state index in [0.29, 0.717) is 0 Å². The van der Waals surface area contributed by atoms with Gasteiger partial charge >= 0.3 is 0 Å². The molecular weight excluding hydrogens is 783 g/mol. The van der Waals surface area contributed by atoms with E-state index < -0.39 is 0 Å². The van der Waals surface area contributed by atoms with Crippen LogP contribution in [0, 0.1) is 0 Å². The van der Waals surface area contributed by atoms with E-state index in [1.807, 2.05) is 0 Å². The lowest BCUT2D eigenvalue weighted by Gasteiger charge is -2.27. The van der Waals surface area contributed by atoms with Crippen molar-refractivity contribution >= 4 is 27.8 Å². The average Bonchev–Trinajstić information content (AvgIpc) is 3.40. The van der Waals surface area contributed by atoms with Crippen LogP contribution in [0.4, 0.5) is 17.1 Å². The van der Waals surface area contributed by atoms with Crippen molar-refractivity contribution in [3.63, 3.8) is 0 Å². The molecule has 11 aromatic carbocycles. The molecule has 0 aliphatic rings. The molecule has 0 heterocycles. The lowest BCUT2D eigenvalue weighted by atomic mass is 9.87. The summed E-state index contributed by atoms with van der Waals surface area (Å²) in [6.07, 6.45) is 0. The minimum absolute atomic E-state index is 1.08. The Morgan fingerprint density at radius 2 is 0.523 bits per heavy atom. The largest absolute Gasteiger partial charge is 0.310 e. The highest BCUT2D eigenvalue weighted by Crippen LogP contribution is 2.43. The molecule has 11 aromatic rings. The van der Waals surface area contributed by atoms with Crippen LogP contribution in [0.15, 0.2) is 273 Å². The normalized spacial score (nSPS) is 11.1. The number of benzene rings is 11. The first-order chi connectivity index (χ1) is 32.2. The van der Waals surface area contributed by atoms with Gasteiger partial charge in [-0.1, -0.05) is 237 Å². The van der Waals surface area contributed by atoms with Crippen molar-refractivity contribution in [1.82, 2.24) is 0 Å². The van der Waals surface area contributed by atoms with Crippen LogP contribution >= 0.6 is 0 Å². The minimum atomic E-state index is 1.08. The maximum Gasteiger partial charge on any atom is 0.0467 e. The molecule has 306 valence electrons. The Morgan fingerprint density at radius 3 is 1.08 bits per heavy atom. The van der Waals surface area contributed by atoms with Gasteiger partial charge in [0.25, 0.3) is 0 Å². The van der Waals surface area contributed by atoms with Crippen molar-refractivity contribution in [3.8, 4) is 77.9 Å². The fraction of sp³-hybridized carbons (Fsp3) is 0. The third kappa shape index (κ3) is 7.93. The van der Waals surface area contributed by atoms with Crippen LogP contribution in [0.25, 0.3) is 88.7 Å². The van der Waals surface area contributed by atoms with E-state index >= 15 is 0 Å². The van der Waals surface area contributed by atoms with E-state index in [1.54, 1.807) is 0 Å². The van der Waals surface area contributed by atoms with Crippen LogP contribution in [-0.2, 0) is 0 Å². The SMILES string of the molecule is c1ccc(-c2ccc(-c3ccc(N(c4ccc(-c5ccccc5-c5ccccc5-c5ccccc5-c5ccccc5)cc4)c4cccc(-c5cccc6ccccc56)c4)cc3)cc2)cc1. The molecule has 0 bridgehead atoms. The number of hydrogen-bond donors (Lipinski definition) is 0. The molecule has 0 aliphatic heterocycles. The van der Waals surface area contributed by atoms with Crippen LogP contribution in [0.1, 0.15) is 0 Å². The zero-order chi connectivity index (χ0) is 43.4. The van der Waals surface area contributed by atoms with E-state index in [-0.39, 0.29) is 0 Å². The second kappa shape index (κ2) is 17.7. The molecule has 1 nitrogen and oxygen atoms in total. The van der Waals surface area contributed by atoms with E-state index in [9.17, 15) is 0 Å². The quantitative estimate of drug-likeness (QED) is 0.133. The Hall–Kier alpha value is -8.52. The van der Waals surface area contributed by atoms with Gasteiger partial charge in [0.15, 0.2) is 0 Å². The monoisotopic (exact) mass is 827 g/mol. The number of nitrogens with zero attached hydrogens (tertiary/aromatic N) is 1. The van der Waals surface area contributed by atoms with Gasteiger partial charge in [0.2, 0.25) is 0 Å². The van der Waals surface area contributed by atoms with Gasteiger partial charge in [-0.3, -0.25) is 0 Å². The molecule has 0 aliphatic carbocycles. The zero-order valence-electron chi connectivity index (χ0n) is 35.9. The number of anilines is 3. The van der Waals surface area contributed by atoms with Gasteiger partial charge in [0, 0.05) is 17.1 Å². The average molecular weight is 828 g/mol. The van der Waals surface area contributed by atoms with Crippen LogP contribution in [0.5, 0.6) is 0 Å². The summed E-state index contributed by atoms with van der Waals surface area (Å²) in [7, 11) is 0. The van der Waals surface area contributed by atoms with Crippen molar-refractivity contribution in [2.24, 2.45) is 0 Å². The van der Waals surface area contributed by atoms with Gasteiger partial charge in [0.05, 0.1) is 0 Å². The van der Waals surface area contributed by atoms with Crippen molar-refractivity contribution in [2.75, 3.05) is 4.90 Å². The Labute approximate surface area is 381 Å². The first-order valence-electron chi connectivity index (χ1n) is 22.3. The molecule has 0 radical (unpaired) electrons. The maximum absolute atomic E-state index is 2.38. The number of hydrogen-bond acceptors (Lipinski definition) is 1. The highest BCUT2D eigenvalue weighted by molar-refractivity contribution is 5.98. The van der Waals surface area contributed by atoms with Crippen molar-refractivity contribution in [1.29, 1.82) is 0 Å². The van der Waals surface area contributed by atoms with Gasteiger partial charge in [-0.2, -0.15) is 0 Å². The molecule has 0 aromatic heterocycles. The van der Waals surface area contributed by atoms with E-state index in [4.69, 9.17) is 0 Å². The van der Waals surface area contributed by atoms with Crippen molar-refractivity contribution in [3.05, 3.63) is 273 Å². The topological polar surface area (TPSA) is 3.24 Å². The number of fused-ring (bicyclic) bond motifs is 1. The lowest BCUT2D eigenvalue weighted by molar-refractivity contribution is 1.28. The smallest absolute Gasteiger partial charge is 0.0467 e. The van der Waals surface area contributed by atoms with E-state index in [1.165, 1.54) is 83.1 Å².